The van der Waals surface area contributed by atoms with Crippen LogP contribution in [0, 0.1) is 0 Å². The number of nitrogen functional groups attached to an aromatic ring is 1. The van der Waals surface area contributed by atoms with Gasteiger partial charge in [0.05, 0.1) is 5.69 Å². The van der Waals surface area contributed by atoms with Crippen LogP contribution in [0.1, 0.15) is 5.56 Å². The number of rotatable bonds is 3. The van der Waals surface area contributed by atoms with E-state index in [9.17, 15) is 5.11 Å². The standard InChI is InChI=1S/C13H12BrNO2/c14-10-2-1-3-11(7-10)17-8-9-4-5-12(15)13(16)6-9/h1-7,16H,8,15H2. The third-order valence-electron chi connectivity index (χ3n) is 2.30. The summed E-state index contributed by atoms with van der Waals surface area (Å²) in [5.74, 6) is 0.857. The first kappa shape index (κ1) is 11.8. The lowest BCUT2D eigenvalue weighted by atomic mass is 10.2. The minimum absolute atomic E-state index is 0.0837. The van der Waals surface area contributed by atoms with Crippen LogP contribution >= 0.6 is 15.9 Å². The van der Waals surface area contributed by atoms with Crippen molar-refractivity contribution in [2.75, 3.05) is 5.73 Å². The van der Waals surface area contributed by atoms with E-state index in [-0.39, 0.29) is 5.75 Å². The van der Waals surface area contributed by atoms with Crippen LogP contribution < -0.4 is 10.5 Å². The number of halogens is 1. The van der Waals surface area contributed by atoms with E-state index in [2.05, 4.69) is 15.9 Å². The zero-order valence-corrected chi connectivity index (χ0v) is 10.6. The van der Waals surface area contributed by atoms with Crippen LogP contribution in [0.2, 0.25) is 0 Å². The molecule has 0 bridgehead atoms. The number of phenolic OH excluding ortho intramolecular Hbond substituents is 1. The summed E-state index contributed by atoms with van der Waals surface area (Å²) in [6.07, 6.45) is 0. The highest BCUT2D eigenvalue weighted by Crippen LogP contribution is 2.23. The van der Waals surface area contributed by atoms with Crippen LogP contribution in [0.25, 0.3) is 0 Å². The van der Waals surface area contributed by atoms with Crippen LogP contribution in [0.3, 0.4) is 0 Å². The predicted octanol–water partition coefficient (Wildman–Crippen LogP) is 3.32. The second kappa shape index (κ2) is 5.10. The number of nitrogens with two attached hydrogens (primary N) is 1. The highest BCUT2D eigenvalue weighted by atomic mass is 79.9. The van der Waals surface area contributed by atoms with Crippen molar-refractivity contribution in [1.82, 2.24) is 0 Å². The van der Waals surface area contributed by atoms with Crippen LogP contribution in [0.15, 0.2) is 46.9 Å². The molecule has 0 aliphatic carbocycles. The van der Waals surface area contributed by atoms with Gasteiger partial charge in [-0.25, -0.2) is 0 Å². The fourth-order valence-electron chi connectivity index (χ4n) is 1.40. The Labute approximate surface area is 108 Å². The summed E-state index contributed by atoms with van der Waals surface area (Å²) in [6.45, 7) is 0.393. The number of hydrogen-bond donors (Lipinski definition) is 2. The maximum atomic E-state index is 9.45. The lowest BCUT2D eigenvalue weighted by Crippen LogP contribution is -1.96. The van der Waals surface area contributed by atoms with Crippen molar-refractivity contribution in [2.24, 2.45) is 0 Å². The fourth-order valence-corrected chi connectivity index (χ4v) is 1.78. The zero-order valence-electron chi connectivity index (χ0n) is 9.06. The first-order valence-corrected chi connectivity index (χ1v) is 5.90. The van der Waals surface area contributed by atoms with Crippen molar-refractivity contribution in [3.8, 4) is 11.5 Å². The SMILES string of the molecule is Nc1ccc(COc2cccc(Br)c2)cc1O. The Bertz CT molecular complexity index is 529. The molecule has 0 atom stereocenters. The summed E-state index contributed by atoms with van der Waals surface area (Å²) in [4.78, 5) is 0. The first-order valence-electron chi connectivity index (χ1n) is 5.11. The molecule has 0 saturated heterocycles. The van der Waals surface area contributed by atoms with Gasteiger partial charge in [0.2, 0.25) is 0 Å². The molecule has 0 saturated carbocycles. The van der Waals surface area contributed by atoms with E-state index in [1.807, 2.05) is 30.3 Å². The van der Waals surface area contributed by atoms with E-state index in [0.717, 1.165) is 15.8 Å². The Balaban J connectivity index is 2.05. The van der Waals surface area contributed by atoms with Crippen molar-refractivity contribution in [2.45, 2.75) is 6.61 Å². The molecule has 88 valence electrons. The van der Waals surface area contributed by atoms with E-state index in [1.165, 1.54) is 0 Å². The van der Waals surface area contributed by atoms with Gasteiger partial charge in [-0.1, -0.05) is 28.1 Å². The largest absolute Gasteiger partial charge is 0.506 e. The van der Waals surface area contributed by atoms with Crippen LogP contribution in [-0.4, -0.2) is 5.11 Å². The monoisotopic (exact) mass is 293 g/mol. The maximum absolute atomic E-state index is 9.45. The van der Waals surface area contributed by atoms with E-state index in [0.29, 0.717) is 12.3 Å². The molecule has 4 heteroatoms. The summed E-state index contributed by atoms with van der Waals surface area (Å²) >= 11 is 3.37. The lowest BCUT2D eigenvalue weighted by Gasteiger charge is -2.07. The summed E-state index contributed by atoms with van der Waals surface area (Å²) in [6, 6.07) is 12.7. The topological polar surface area (TPSA) is 55.5 Å². The number of hydrogen-bond acceptors (Lipinski definition) is 3. The number of benzene rings is 2. The van der Waals surface area contributed by atoms with Crippen molar-refractivity contribution < 1.29 is 9.84 Å². The molecule has 2 aromatic rings. The van der Waals surface area contributed by atoms with Crippen LogP contribution in [-0.2, 0) is 6.61 Å². The molecule has 0 fully saturated rings. The average Bonchev–Trinajstić information content (AvgIpc) is 2.31. The Morgan fingerprint density at radius 3 is 2.71 bits per heavy atom. The molecule has 0 heterocycles. The molecular formula is C13H12BrNO2. The Morgan fingerprint density at radius 2 is 2.00 bits per heavy atom. The molecule has 2 aromatic carbocycles. The molecule has 2 rings (SSSR count). The minimum atomic E-state index is 0.0837. The van der Waals surface area contributed by atoms with Crippen LogP contribution in [0.5, 0.6) is 11.5 Å². The van der Waals surface area contributed by atoms with Gasteiger partial charge in [0.1, 0.15) is 18.1 Å². The van der Waals surface area contributed by atoms with Gasteiger partial charge in [0.15, 0.2) is 0 Å². The third-order valence-corrected chi connectivity index (χ3v) is 2.79. The van der Waals surface area contributed by atoms with Crippen molar-refractivity contribution in [3.05, 3.63) is 52.5 Å². The number of aromatic hydroxyl groups is 1. The van der Waals surface area contributed by atoms with Gasteiger partial charge < -0.3 is 15.6 Å². The van der Waals surface area contributed by atoms with Gasteiger partial charge in [-0.05, 0) is 35.9 Å². The summed E-state index contributed by atoms with van der Waals surface area (Å²) in [7, 11) is 0. The molecule has 0 spiro atoms. The van der Waals surface area contributed by atoms with Gasteiger partial charge in [0.25, 0.3) is 0 Å². The van der Waals surface area contributed by atoms with E-state index in [4.69, 9.17) is 10.5 Å². The summed E-state index contributed by atoms with van der Waals surface area (Å²) in [5.41, 5.74) is 6.76. The van der Waals surface area contributed by atoms with Gasteiger partial charge in [0, 0.05) is 4.47 Å². The molecule has 0 unspecified atom stereocenters. The van der Waals surface area contributed by atoms with Gasteiger partial charge in [-0.2, -0.15) is 0 Å². The Morgan fingerprint density at radius 1 is 1.18 bits per heavy atom. The second-order valence-electron chi connectivity index (χ2n) is 3.64. The Kier molecular flexibility index (Phi) is 3.54. The fraction of sp³-hybridized carbons (Fsp3) is 0.0769. The van der Waals surface area contributed by atoms with Crippen molar-refractivity contribution in [3.63, 3.8) is 0 Å². The number of ether oxygens (including phenoxy) is 1. The molecule has 0 aromatic heterocycles. The number of anilines is 1. The third kappa shape index (κ3) is 3.14. The molecular weight excluding hydrogens is 282 g/mol. The van der Waals surface area contributed by atoms with Gasteiger partial charge in [-0.3, -0.25) is 0 Å². The molecule has 0 amide bonds. The molecule has 3 N–H and O–H groups in total. The second-order valence-corrected chi connectivity index (χ2v) is 4.55. The van der Waals surface area contributed by atoms with E-state index >= 15 is 0 Å². The van der Waals surface area contributed by atoms with Gasteiger partial charge >= 0.3 is 0 Å². The highest BCUT2D eigenvalue weighted by Gasteiger charge is 2.00. The molecule has 0 aliphatic rings. The van der Waals surface area contributed by atoms with Crippen molar-refractivity contribution >= 4 is 21.6 Å². The summed E-state index contributed by atoms with van der Waals surface area (Å²) < 4.78 is 6.55. The molecule has 17 heavy (non-hydrogen) atoms. The quantitative estimate of drug-likeness (QED) is 0.674. The van der Waals surface area contributed by atoms with E-state index < -0.39 is 0 Å². The average molecular weight is 294 g/mol. The Hall–Kier alpha value is -1.68. The van der Waals surface area contributed by atoms with Gasteiger partial charge in [-0.15, -0.1) is 0 Å². The summed E-state index contributed by atoms with van der Waals surface area (Å²) in [5, 5.41) is 9.45. The number of phenols is 1. The smallest absolute Gasteiger partial charge is 0.138 e. The maximum Gasteiger partial charge on any atom is 0.138 e. The molecule has 0 aliphatic heterocycles. The molecule has 3 nitrogen and oxygen atoms in total. The first-order chi connectivity index (χ1) is 8.15. The predicted molar refractivity (Wildman–Crippen MR) is 71.0 cm³/mol. The molecule has 0 radical (unpaired) electrons. The van der Waals surface area contributed by atoms with Crippen molar-refractivity contribution in [1.29, 1.82) is 0 Å². The van der Waals surface area contributed by atoms with Crippen LogP contribution in [0.4, 0.5) is 5.69 Å². The minimum Gasteiger partial charge on any atom is -0.506 e. The highest BCUT2D eigenvalue weighted by molar-refractivity contribution is 9.10. The zero-order chi connectivity index (χ0) is 12.3. The lowest BCUT2D eigenvalue weighted by molar-refractivity contribution is 0.305. The van der Waals surface area contributed by atoms with E-state index in [1.54, 1.807) is 12.1 Å². The normalized spacial score (nSPS) is 10.2.